The fraction of sp³-hybridized carbons (Fsp3) is 0.0345. The molecule has 3 aliphatic carbocycles. The van der Waals surface area contributed by atoms with Gasteiger partial charge in [-0.3, -0.25) is 0 Å². The average Bonchev–Trinajstić information content (AvgIpc) is 3.76. The number of hydrogen-bond donors (Lipinski definition) is 0. The van der Waals surface area contributed by atoms with Crippen LogP contribution in [0.15, 0.2) is 206 Å². The standard InChI is InChI=1S/C58H34O/c1-2-14-37-34-55-53(32-36(37)13-1)58(46-22-7-3-17-40(46)41-18-4-8-23-47(41)58)52-33-39(28-30-54(52)59-55)38-27-29-50-45(31-38)43-20-6-10-25-49(43)57(50)48-24-9-5-19-42(48)44-21-11-15-35-16-12-26-51(57)56(35)44/h1-34H. The van der Waals surface area contributed by atoms with Crippen molar-refractivity contribution in [3.8, 4) is 56.0 Å². The molecule has 272 valence electrons. The van der Waals surface area contributed by atoms with Crippen LogP contribution in [0.1, 0.15) is 44.5 Å². The maximum Gasteiger partial charge on any atom is 0.132 e. The molecule has 1 heterocycles. The Hall–Kier alpha value is -7.48. The van der Waals surface area contributed by atoms with Gasteiger partial charge in [0.15, 0.2) is 0 Å². The van der Waals surface area contributed by atoms with Crippen LogP contribution in [0.4, 0.5) is 0 Å². The van der Waals surface area contributed by atoms with Gasteiger partial charge in [-0.25, -0.2) is 0 Å². The molecule has 59 heavy (non-hydrogen) atoms. The summed E-state index contributed by atoms with van der Waals surface area (Å²) < 4.78 is 6.98. The first kappa shape index (κ1) is 31.6. The summed E-state index contributed by atoms with van der Waals surface area (Å²) in [6.45, 7) is 0. The Kier molecular flexibility index (Phi) is 5.96. The van der Waals surface area contributed by atoms with Gasteiger partial charge in [0.2, 0.25) is 0 Å². The second-order valence-electron chi connectivity index (χ2n) is 16.7. The Balaban J connectivity index is 1.03. The molecule has 0 bridgehead atoms. The molecule has 10 aromatic rings. The summed E-state index contributed by atoms with van der Waals surface area (Å²) in [5.41, 5.74) is 19.5. The van der Waals surface area contributed by atoms with Crippen molar-refractivity contribution in [2.75, 3.05) is 0 Å². The molecule has 0 saturated carbocycles. The van der Waals surface area contributed by atoms with Crippen LogP contribution in [0.25, 0.3) is 66.1 Å². The summed E-state index contributed by atoms with van der Waals surface area (Å²) in [7, 11) is 0. The Morgan fingerprint density at radius 1 is 0.254 bits per heavy atom. The SMILES string of the molecule is c1ccc2c(c1)-c1ccccc1C21c2cc(-c3ccc4c(c3)-c3ccccc3C43c4ccccc4-c4cccc5cccc3c45)ccc2Oc2cc3ccccc3cc21. The molecule has 10 aromatic carbocycles. The van der Waals surface area contributed by atoms with E-state index in [9.17, 15) is 0 Å². The molecule has 0 amide bonds. The molecule has 0 fully saturated rings. The molecule has 0 saturated heterocycles. The number of hydrogen-bond acceptors (Lipinski definition) is 1. The van der Waals surface area contributed by atoms with Gasteiger partial charge in [-0.15, -0.1) is 0 Å². The van der Waals surface area contributed by atoms with Crippen molar-refractivity contribution in [3.05, 3.63) is 251 Å². The van der Waals surface area contributed by atoms with Crippen LogP contribution in [-0.2, 0) is 10.8 Å². The molecule has 0 aromatic heterocycles. The third kappa shape index (κ3) is 3.77. The van der Waals surface area contributed by atoms with Gasteiger partial charge in [-0.2, -0.15) is 0 Å². The average molecular weight is 747 g/mol. The van der Waals surface area contributed by atoms with E-state index in [1.165, 1.54) is 111 Å². The van der Waals surface area contributed by atoms with E-state index in [-0.39, 0.29) is 0 Å². The van der Waals surface area contributed by atoms with Crippen LogP contribution < -0.4 is 4.74 Å². The lowest BCUT2D eigenvalue weighted by Gasteiger charge is -2.40. The molecule has 0 radical (unpaired) electrons. The monoisotopic (exact) mass is 746 g/mol. The molecular weight excluding hydrogens is 713 g/mol. The predicted molar refractivity (Wildman–Crippen MR) is 241 cm³/mol. The summed E-state index contributed by atoms with van der Waals surface area (Å²) in [5.74, 6) is 1.82. The van der Waals surface area contributed by atoms with Gasteiger partial charge in [0, 0.05) is 11.1 Å². The van der Waals surface area contributed by atoms with Gasteiger partial charge >= 0.3 is 0 Å². The van der Waals surface area contributed by atoms with Crippen LogP contribution in [0, 0.1) is 0 Å². The second-order valence-corrected chi connectivity index (χ2v) is 16.7. The quantitative estimate of drug-likeness (QED) is 0.163. The highest BCUT2D eigenvalue weighted by Crippen LogP contribution is 2.64. The van der Waals surface area contributed by atoms with E-state index in [2.05, 4.69) is 206 Å². The molecule has 1 atom stereocenters. The normalized spacial score (nSPS) is 16.5. The van der Waals surface area contributed by atoms with Crippen molar-refractivity contribution in [3.63, 3.8) is 0 Å². The van der Waals surface area contributed by atoms with E-state index in [0.717, 1.165) is 11.5 Å². The molecule has 4 aliphatic rings. The zero-order valence-corrected chi connectivity index (χ0v) is 32.0. The smallest absolute Gasteiger partial charge is 0.132 e. The number of fused-ring (bicyclic) bond motifs is 19. The topological polar surface area (TPSA) is 9.23 Å². The van der Waals surface area contributed by atoms with Crippen molar-refractivity contribution in [1.29, 1.82) is 0 Å². The van der Waals surface area contributed by atoms with Crippen LogP contribution in [0.5, 0.6) is 11.5 Å². The second kappa shape index (κ2) is 11.1. The van der Waals surface area contributed by atoms with Gasteiger partial charge in [0.25, 0.3) is 0 Å². The van der Waals surface area contributed by atoms with Gasteiger partial charge in [-0.05, 0) is 130 Å². The minimum atomic E-state index is -0.554. The fourth-order valence-electron chi connectivity index (χ4n) is 11.9. The van der Waals surface area contributed by atoms with E-state index in [1.54, 1.807) is 0 Å². The Morgan fingerprint density at radius 2 is 0.695 bits per heavy atom. The molecule has 1 nitrogen and oxygen atoms in total. The first-order valence-corrected chi connectivity index (χ1v) is 20.7. The van der Waals surface area contributed by atoms with Gasteiger partial charge in [0.1, 0.15) is 11.5 Å². The molecular formula is C58H34O. The lowest BCUT2D eigenvalue weighted by molar-refractivity contribution is 0.437. The van der Waals surface area contributed by atoms with E-state index in [1.807, 2.05) is 0 Å². The first-order valence-electron chi connectivity index (χ1n) is 20.7. The number of ether oxygens (including phenoxy) is 1. The minimum Gasteiger partial charge on any atom is -0.457 e. The van der Waals surface area contributed by atoms with Crippen LogP contribution in [0.3, 0.4) is 0 Å². The summed E-state index contributed by atoms with van der Waals surface area (Å²) in [6, 6.07) is 77.3. The van der Waals surface area contributed by atoms with Crippen molar-refractivity contribution in [1.82, 2.24) is 0 Å². The molecule has 1 heteroatoms. The molecule has 14 rings (SSSR count). The van der Waals surface area contributed by atoms with Crippen molar-refractivity contribution >= 4 is 21.5 Å². The van der Waals surface area contributed by atoms with E-state index in [0.29, 0.717) is 0 Å². The number of benzene rings is 10. The van der Waals surface area contributed by atoms with E-state index >= 15 is 0 Å². The highest BCUT2D eigenvalue weighted by molar-refractivity contribution is 6.07. The molecule has 1 aliphatic heterocycles. The molecule has 2 spiro atoms. The summed E-state index contributed by atoms with van der Waals surface area (Å²) in [5, 5.41) is 5.03. The number of rotatable bonds is 1. The van der Waals surface area contributed by atoms with Gasteiger partial charge in [-0.1, -0.05) is 176 Å². The summed E-state index contributed by atoms with van der Waals surface area (Å²) >= 11 is 0. The highest BCUT2D eigenvalue weighted by Gasteiger charge is 2.52. The molecule has 1 unspecified atom stereocenters. The van der Waals surface area contributed by atoms with Crippen molar-refractivity contribution in [2.24, 2.45) is 0 Å². The van der Waals surface area contributed by atoms with Crippen molar-refractivity contribution in [2.45, 2.75) is 10.8 Å². The lowest BCUT2D eigenvalue weighted by Crippen LogP contribution is -2.32. The predicted octanol–water partition coefficient (Wildman–Crippen LogP) is 14.5. The zero-order chi connectivity index (χ0) is 38.5. The Morgan fingerprint density at radius 3 is 1.37 bits per heavy atom. The van der Waals surface area contributed by atoms with Crippen molar-refractivity contribution < 1.29 is 4.74 Å². The first-order chi connectivity index (χ1) is 29.2. The summed E-state index contributed by atoms with van der Waals surface area (Å²) in [6.07, 6.45) is 0. The third-order valence-corrected chi connectivity index (χ3v) is 14.1. The van der Waals surface area contributed by atoms with Crippen LogP contribution >= 0.6 is 0 Å². The highest BCUT2D eigenvalue weighted by atomic mass is 16.5. The van der Waals surface area contributed by atoms with E-state index in [4.69, 9.17) is 4.74 Å². The Bertz CT molecular complexity index is 3450. The minimum absolute atomic E-state index is 0.438. The van der Waals surface area contributed by atoms with Gasteiger partial charge < -0.3 is 4.74 Å². The van der Waals surface area contributed by atoms with Crippen LogP contribution in [-0.4, -0.2) is 0 Å². The maximum atomic E-state index is 6.98. The van der Waals surface area contributed by atoms with Gasteiger partial charge in [0.05, 0.1) is 10.8 Å². The van der Waals surface area contributed by atoms with Crippen LogP contribution in [0.2, 0.25) is 0 Å². The summed E-state index contributed by atoms with van der Waals surface area (Å²) in [4.78, 5) is 0. The maximum absolute atomic E-state index is 6.98. The third-order valence-electron chi connectivity index (χ3n) is 14.1. The lowest BCUT2D eigenvalue weighted by atomic mass is 9.61. The fourth-order valence-corrected chi connectivity index (χ4v) is 11.9. The van der Waals surface area contributed by atoms with E-state index < -0.39 is 10.8 Å². The largest absolute Gasteiger partial charge is 0.457 e. The zero-order valence-electron chi connectivity index (χ0n) is 32.0. The Labute approximate surface area is 342 Å². The molecule has 0 N–H and O–H groups in total.